The van der Waals surface area contributed by atoms with Crippen molar-refractivity contribution in [2.24, 2.45) is 5.73 Å². The van der Waals surface area contributed by atoms with Gasteiger partial charge in [-0.2, -0.15) is 5.10 Å². The molecule has 1 aromatic heterocycles. The van der Waals surface area contributed by atoms with Gasteiger partial charge in [0.1, 0.15) is 0 Å². The molecule has 3 heteroatoms. The lowest BCUT2D eigenvalue weighted by Crippen LogP contribution is -2.22. The Hall–Kier alpha value is -1.61. The van der Waals surface area contributed by atoms with Crippen molar-refractivity contribution >= 4 is 0 Å². The molecule has 2 atom stereocenters. The van der Waals surface area contributed by atoms with Crippen LogP contribution in [0.5, 0.6) is 0 Å². The zero-order valence-electron chi connectivity index (χ0n) is 8.75. The van der Waals surface area contributed by atoms with Crippen LogP contribution in [0, 0.1) is 0 Å². The van der Waals surface area contributed by atoms with Crippen LogP contribution in [0.25, 0.3) is 0 Å². The van der Waals surface area contributed by atoms with E-state index in [0.717, 1.165) is 5.56 Å². The minimum absolute atomic E-state index is 0.0221. The molecule has 2 N–H and O–H groups in total. The van der Waals surface area contributed by atoms with E-state index in [1.165, 1.54) is 0 Å². The Morgan fingerprint density at radius 1 is 1.20 bits per heavy atom. The van der Waals surface area contributed by atoms with E-state index in [1.54, 1.807) is 6.20 Å². The molecular weight excluding hydrogens is 186 g/mol. The maximum absolute atomic E-state index is 6.17. The van der Waals surface area contributed by atoms with Crippen LogP contribution >= 0.6 is 0 Å². The highest BCUT2D eigenvalue weighted by Gasteiger charge is 2.15. The van der Waals surface area contributed by atoms with E-state index in [-0.39, 0.29) is 12.1 Å². The van der Waals surface area contributed by atoms with E-state index in [4.69, 9.17) is 5.73 Å². The van der Waals surface area contributed by atoms with Gasteiger partial charge in [-0.3, -0.25) is 4.68 Å². The molecule has 15 heavy (non-hydrogen) atoms. The molecule has 0 radical (unpaired) electrons. The first-order valence-corrected chi connectivity index (χ1v) is 5.08. The summed E-state index contributed by atoms with van der Waals surface area (Å²) in [6.07, 6.45) is 3.71. The molecule has 0 spiro atoms. The normalized spacial score (nSPS) is 14.8. The number of nitrogens with zero attached hydrogens (tertiary/aromatic N) is 2. The van der Waals surface area contributed by atoms with Gasteiger partial charge in [0.05, 0.1) is 12.1 Å². The molecule has 1 heterocycles. The second-order valence-corrected chi connectivity index (χ2v) is 3.66. The summed E-state index contributed by atoms with van der Waals surface area (Å²) in [6.45, 7) is 2.07. The van der Waals surface area contributed by atoms with Crippen LogP contribution in [0.4, 0.5) is 0 Å². The van der Waals surface area contributed by atoms with Gasteiger partial charge < -0.3 is 5.73 Å². The average Bonchev–Trinajstić information content (AvgIpc) is 2.82. The molecule has 0 aliphatic heterocycles. The molecule has 0 fully saturated rings. The average molecular weight is 201 g/mol. The number of rotatable bonds is 3. The van der Waals surface area contributed by atoms with Gasteiger partial charge in [-0.15, -0.1) is 0 Å². The Balaban J connectivity index is 2.18. The van der Waals surface area contributed by atoms with Crippen LogP contribution in [-0.4, -0.2) is 9.78 Å². The highest BCUT2D eigenvalue weighted by Crippen LogP contribution is 2.22. The van der Waals surface area contributed by atoms with Crippen molar-refractivity contribution in [2.75, 3.05) is 0 Å². The van der Waals surface area contributed by atoms with Gasteiger partial charge in [0.2, 0.25) is 0 Å². The fraction of sp³-hybridized carbons (Fsp3) is 0.250. The van der Waals surface area contributed by atoms with Crippen LogP contribution in [0.2, 0.25) is 0 Å². The Labute approximate surface area is 89.5 Å². The molecule has 0 aliphatic rings. The summed E-state index contributed by atoms with van der Waals surface area (Å²) in [6, 6.07) is 12.2. The molecule has 0 saturated heterocycles. The molecule has 3 nitrogen and oxygen atoms in total. The summed E-state index contributed by atoms with van der Waals surface area (Å²) in [5, 5.41) is 4.20. The van der Waals surface area contributed by atoms with Crippen LogP contribution in [0.15, 0.2) is 48.8 Å². The third kappa shape index (κ3) is 2.07. The van der Waals surface area contributed by atoms with Crippen LogP contribution in [0.3, 0.4) is 0 Å². The molecule has 78 valence electrons. The summed E-state index contributed by atoms with van der Waals surface area (Å²) in [5.74, 6) is 0. The summed E-state index contributed by atoms with van der Waals surface area (Å²) < 4.78 is 1.89. The first-order chi connectivity index (χ1) is 7.29. The van der Waals surface area contributed by atoms with Crippen molar-refractivity contribution in [3.05, 3.63) is 54.4 Å². The van der Waals surface area contributed by atoms with E-state index >= 15 is 0 Å². The van der Waals surface area contributed by atoms with Crippen LogP contribution < -0.4 is 5.73 Å². The second kappa shape index (κ2) is 4.28. The molecule has 2 unspecified atom stereocenters. The molecule has 2 rings (SSSR count). The van der Waals surface area contributed by atoms with Crippen molar-refractivity contribution in [3.8, 4) is 0 Å². The number of benzene rings is 1. The summed E-state index contributed by atoms with van der Waals surface area (Å²) in [5.41, 5.74) is 7.31. The number of hydrogen-bond acceptors (Lipinski definition) is 2. The zero-order valence-corrected chi connectivity index (χ0v) is 8.75. The first kappa shape index (κ1) is 9.93. The molecule has 2 aromatic rings. The van der Waals surface area contributed by atoms with Crippen LogP contribution in [-0.2, 0) is 0 Å². The van der Waals surface area contributed by atoms with Gasteiger partial charge in [0.25, 0.3) is 0 Å². The van der Waals surface area contributed by atoms with E-state index < -0.39 is 0 Å². The van der Waals surface area contributed by atoms with E-state index in [1.807, 2.05) is 47.3 Å². The standard InChI is InChI=1S/C12H15N3/c1-10(15-9-5-8-14-15)12(13)11-6-3-2-4-7-11/h2-10,12H,13H2,1H3. The lowest BCUT2D eigenvalue weighted by molar-refractivity contribution is 0.415. The largest absolute Gasteiger partial charge is 0.322 e. The third-order valence-corrected chi connectivity index (χ3v) is 2.65. The summed E-state index contributed by atoms with van der Waals surface area (Å²) in [4.78, 5) is 0. The van der Waals surface area contributed by atoms with E-state index in [9.17, 15) is 0 Å². The number of hydrogen-bond donors (Lipinski definition) is 1. The second-order valence-electron chi connectivity index (χ2n) is 3.66. The molecule has 0 aliphatic carbocycles. The summed E-state index contributed by atoms with van der Waals surface area (Å²) >= 11 is 0. The fourth-order valence-corrected chi connectivity index (χ4v) is 1.64. The van der Waals surface area contributed by atoms with Gasteiger partial charge in [0, 0.05) is 12.4 Å². The molecule has 0 bridgehead atoms. The first-order valence-electron chi connectivity index (χ1n) is 5.08. The highest BCUT2D eigenvalue weighted by atomic mass is 15.3. The predicted molar refractivity (Wildman–Crippen MR) is 60.3 cm³/mol. The Bertz CT molecular complexity index is 394. The lowest BCUT2D eigenvalue weighted by Gasteiger charge is -2.20. The van der Waals surface area contributed by atoms with Crippen molar-refractivity contribution in [1.29, 1.82) is 0 Å². The number of nitrogens with two attached hydrogens (primary N) is 1. The van der Waals surface area contributed by atoms with E-state index in [0.29, 0.717) is 0 Å². The highest BCUT2D eigenvalue weighted by molar-refractivity contribution is 5.19. The Morgan fingerprint density at radius 3 is 2.53 bits per heavy atom. The smallest absolute Gasteiger partial charge is 0.0683 e. The Morgan fingerprint density at radius 2 is 1.93 bits per heavy atom. The zero-order chi connectivity index (χ0) is 10.7. The molecule has 1 aromatic carbocycles. The van der Waals surface area contributed by atoms with Crippen molar-refractivity contribution < 1.29 is 0 Å². The fourth-order valence-electron chi connectivity index (χ4n) is 1.64. The predicted octanol–water partition coefficient (Wildman–Crippen LogP) is 2.14. The monoisotopic (exact) mass is 201 g/mol. The van der Waals surface area contributed by atoms with Crippen LogP contribution in [0.1, 0.15) is 24.6 Å². The minimum atomic E-state index is -0.0221. The lowest BCUT2D eigenvalue weighted by atomic mass is 10.0. The van der Waals surface area contributed by atoms with Gasteiger partial charge in [-0.1, -0.05) is 30.3 Å². The molecule has 0 saturated carbocycles. The minimum Gasteiger partial charge on any atom is -0.322 e. The number of aromatic nitrogens is 2. The van der Waals surface area contributed by atoms with Gasteiger partial charge in [-0.25, -0.2) is 0 Å². The SMILES string of the molecule is CC(C(N)c1ccccc1)n1cccn1. The van der Waals surface area contributed by atoms with E-state index in [2.05, 4.69) is 12.0 Å². The van der Waals surface area contributed by atoms with Crippen molar-refractivity contribution in [2.45, 2.75) is 19.0 Å². The van der Waals surface area contributed by atoms with Gasteiger partial charge >= 0.3 is 0 Å². The topological polar surface area (TPSA) is 43.8 Å². The van der Waals surface area contributed by atoms with Gasteiger partial charge in [0.15, 0.2) is 0 Å². The molecular formula is C12H15N3. The summed E-state index contributed by atoms with van der Waals surface area (Å²) in [7, 11) is 0. The third-order valence-electron chi connectivity index (χ3n) is 2.65. The Kier molecular flexibility index (Phi) is 2.83. The van der Waals surface area contributed by atoms with Crippen molar-refractivity contribution in [1.82, 2.24) is 9.78 Å². The quantitative estimate of drug-likeness (QED) is 0.826. The molecule has 0 amide bonds. The maximum atomic E-state index is 6.17. The van der Waals surface area contributed by atoms with Crippen molar-refractivity contribution in [3.63, 3.8) is 0 Å². The maximum Gasteiger partial charge on any atom is 0.0683 e. The van der Waals surface area contributed by atoms with Gasteiger partial charge in [-0.05, 0) is 18.6 Å².